The summed E-state index contributed by atoms with van der Waals surface area (Å²) in [4.78, 5) is 48.9. The molecule has 0 aromatic heterocycles. The van der Waals surface area contributed by atoms with Crippen LogP contribution in [0.2, 0.25) is 0 Å². The van der Waals surface area contributed by atoms with Gasteiger partial charge < -0.3 is 19.4 Å². The highest BCUT2D eigenvalue weighted by Gasteiger charge is 2.36. The summed E-state index contributed by atoms with van der Waals surface area (Å²) in [5.74, 6) is -2.12. The van der Waals surface area contributed by atoms with Gasteiger partial charge >= 0.3 is 6.03 Å². The van der Waals surface area contributed by atoms with Crippen LogP contribution in [0.25, 0.3) is 6.08 Å². The third-order valence-corrected chi connectivity index (χ3v) is 4.27. The van der Waals surface area contributed by atoms with E-state index in [2.05, 4.69) is 5.32 Å². The molecule has 0 bridgehead atoms. The molecule has 1 aliphatic rings. The normalized spacial score (nSPS) is 16.3. The molecule has 0 spiro atoms. The highest BCUT2D eigenvalue weighted by Crippen LogP contribution is 2.24. The van der Waals surface area contributed by atoms with E-state index in [1.54, 1.807) is 24.3 Å². The number of carboxylic acids is 1. The third-order valence-electron chi connectivity index (χ3n) is 4.27. The van der Waals surface area contributed by atoms with E-state index in [1.165, 1.54) is 44.4 Å². The molecule has 3 rings (SSSR count). The number of nitrogens with zero attached hydrogens (tertiary/aromatic N) is 1. The van der Waals surface area contributed by atoms with Crippen molar-refractivity contribution in [2.75, 3.05) is 12.0 Å². The minimum absolute atomic E-state index is 0.234. The molecule has 0 unspecified atom stereocenters. The second-order valence-electron chi connectivity index (χ2n) is 6.30. The molecule has 154 valence electrons. The lowest BCUT2D eigenvalue weighted by atomic mass is 10.1. The number of nitrogens with one attached hydrogen (secondary N) is 1. The topological polar surface area (TPSA) is 125 Å². The Balaban J connectivity index is 1.85. The molecule has 1 atom stereocenters. The highest BCUT2D eigenvalue weighted by molar-refractivity contribution is 6.39. The SMILES string of the molecule is COc1ccc(N2C(=O)NC(=O)/C(=C/c3ccc(O[C@H](C)C(=O)[O-])cc3)C2=O)cc1. The Morgan fingerprint density at radius 1 is 1.03 bits per heavy atom. The van der Waals surface area contributed by atoms with E-state index in [4.69, 9.17) is 9.47 Å². The summed E-state index contributed by atoms with van der Waals surface area (Å²) >= 11 is 0. The van der Waals surface area contributed by atoms with Crippen molar-refractivity contribution in [3.8, 4) is 11.5 Å². The molecule has 1 fully saturated rings. The Labute approximate surface area is 171 Å². The number of amides is 4. The van der Waals surface area contributed by atoms with Crippen LogP contribution in [0.4, 0.5) is 10.5 Å². The van der Waals surface area contributed by atoms with Gasteiger partial charge in [-0.1, -0.05) is 12.1 Å². The maximum absolute atomic E-state index is 12.8. The molecule has 1 saturated heterocycles. The zero-order chi connectivity index (χ0) is 21.8. The zero-order valence-electron chi connectivity index (χ0n) is 16.1. The predicted molar refractivity (Wildman–Crippen MR) is 104 cm³/mol. The molecule has 1 aliphatic heterocycles. The number of imide groups is 2. The van der Waals surface area contributed by atoms with Gasteiger partial charge in [-0.25, -0.2) is 9.69 Å². The fourth-order valence-electron chi connectivity index (χ4n) is 2.68. The van der Waals surface area contributed by atoms with Gasteiger partial charge in [0.2, 0.25) is 0 Å². The first kappa shape index (κ1) is 20.6. The van der Waals surface area contributed by atoms with Gasteiger partial charge in [0.1, 0.15) is 23.2 Å². The van der Waals surface area contributed by atoms with E-state index >= 15 is 0 Å². The van der Waals surface area contributed by atoms with E-state index in [1.807, 2.05) is 0 Å². The number of urea groups is 1. The number of hydrogen-bond donors (Lipinski definition) is 1. The number of carbonyl (C=O) groups excluding carboxylic acids is 4. The number of hydrogen-bond acceptors (Lipinski definition) is 7. The van der Waals surface area contributed by atoms with E-state index < -0.39 is 29.9 Å². The first-order valence-electron chi connectivity index (χ1n) is 8.83. The molecule has 2 aromatic rings. The monoisotopic (exact) mass is 409 g/mol. The van der Waals surface area contributed by atoms with Crippen molar-refractivity contribution >= 4 is 35.6 Å². The number of carbonyl (C=O) groups is 4. The van der Waals surface area contributed by atoms with Crippen LogP contribution in [0.3, 0.4) is 0 Å². The van der Waals surface area contributed by atoms with E-state index in [9.17, 15) is 24.3 Å². The number of aliphatic carboxylic acids is 1. The van der Waals surface area contributed by atoms with Crippen LogP contribution in [0.5, 0.6) is 11.5 Å². The Kier molecular flexibility index (Phi) is 5.82. The smallest absolute Gasteiger partial charge is 0.335 e. The maximum atomic E-state index is 12.8. The number of methoxy groups -OCH3 is 1. The van der Waals surface area contributed by atoms with Gasteiger partial charge in [0.25, 0.3) is 11.8 Å². The molecule has 0 saturated carbocycles. The van der Waals surface area contributed by atoms with Crippen molar-refractivity contribution in [1.82, 2.24) is 5.32 Å². The molecular formula is C21H17N2O7-. The Bertz CT molecular complexity index is 1030. The van der Waals surface area contributed by atoms with Gasteiger partial charge in [-0.3, -0.25) is 14.9 Å². The van der Waals surface area contributed by atoms with Crippen molar-refractivity contribution in [3.63, 3.8) is 0 Å². The van der Waals surface area contributed by atoms with Crippen molar-refractivity contribution in [1.29, 1.82) is 0 Å². The summed E-state index contributed by atoms with van der Waals surface area (Å²) in [6, 6.07) is 11.4. The van der Waals surface area contributed by atoms with Gasteiger partial charge in [-0.05, 0) is 55.0 Å². The summed E-state index contributed by atoms with van der Waals surface area (Å²) < 4.78 is 10.2. The van der Waals surface area contributed by atoms with Crippen LogP contribution in [0.15, 0.2) is 54.1 Å². The molecule has 0 aliphatic carbocycles. The van der Waals surface area contributed by atoms with E-state index in [-0.39, 0.29) is 17.0 Å². The number of barbiturate groups is 1. The number of anilines is 1. The van der Waals surface area contributed by atoms with Gasteiger partial charge in [-0.15, -0.1) is 0 Å². The zero-order valence-corrected chi connectivity index (χ0v) is 16.1. The maximum Gasteiger partial charge on any atom is 0.335 e. The molecule has 2 aromatic carbocycles. The van der Waals surface area contributed by atoms with Gasteiger partial charge in [0, 0.05) is 0 Å². The third kappa shape index (κ3) is 4.30. The number of ether oxygens (including phenoxy) is 2. The average Bonchev–Trinajstić information content (AvgIpc) is 2.72. The molecule has 0 radical (unpaired) electrons. The lowest BCUT2D eigenvalue weighted by molar-refractivity contribution is -0.312. The van der Waals surface area contributed by atoms with Crippen LogP contribution in [-0.4, -0.2) is 37.0 Å². The quantitative estimate of drug-likeness (QED) is 0.554. The van der Waals surface area contributed by atoms with Gasteiger partial charge in [0.15, 0.2) is 0 Å². The summed E-state index contributed by atoms with van der Waals surface area (Å²) in [6.07, 6.45) is 0.191. The minimum Gasteiger partial charge on any atom is -0.546 e. The fraction of sp³-hybridized carbons (Fsp3) is 0.143. The van der Waals surface area contributed by atoms with E-state index in [0.717, 1.165) is 4.90 Å². The van der Waals surface area contributed by atoms with Gasteiger partial charge in [0.05, 0.1) is 18.8 Å². The van der Waals surface area contributed by atoms with Gasteiger partial charge in [-0.2, -0.15) is 0 Å². The predicted octanol–water partition coefficient (Wildman–Crippen LogP) is 0.879. The Morgan fingerprint density at radius 3 is 2.20 bits per heavy atom. The molecule has 1 heterocycles. The minimum atomic E-state index is -1.35. The number of rotatable bonds is 6. The van der Waals surface area contributed by atoms with Crippen LogP contribution in [0.1, 0.15) is 12.5 Å². The van der Waals surface area contributed by atoms with Crippen molar-refractivity contribution in [3.05, 3.63) is 59.7 Å². The highest BCUT2D eigenvalue weighted by atomic mass is 16.5. The summed E-state index contributed by atoms with van der Waals surface area (Å²) in [6.45, 7) is 1.33. The molecular weight excluding hydrogens is 392 g/mol. The van der Waals surface area contributed by atoms with Crippen LogP contribution >= 0.6 is 0 Å². The second-order valence-corrected chi connectivity index (χ2v) is 6.30. The first-order valence-corrected chi connectivity index (χ1v) is 8.83. The summed E-state index contributed by atoms with van der Waals surface area (Å²) in [7, 11) is 1.49. The second kappa shape index (κ2) is 8.48. The van der Waals surface area contributed by atoms with Crippen LogP contribution in [0, 0.1) is 0 Å². The summed E-state index contributed by atoms with van der Waals surface area (Å²) in [5.41, 5.74) is 0.518. The molecule has 30 heavy (non-hydrogen) atoms. The lowest BCUT2D eigenvalue weighted by Crippen LogP contribution is -2.54. The molecule has 9 nitrogen and oxygen atoms in total. The van der Waals surface area contributed by atoms with Crippen molar-refractivity contribution < 1.29 is 33.8 Å². The number of benzene rings is 2. The molecule has 9 heteroatoms. The average molecular weight is 409 g/mol. The first-order chi connectivity index (χ1) is 14.3. The summed E-state index contributed by atoms with van der Waals surface area (Å²) in [5, 5.41) is 12.9. The van der Waals surface area contributed by atoms with Crippen molar-refractivity contribution in [2.24, 2.45) is 0 Å². The lowest BCUT2D eigenvalue weighted by Gasteiger charge is -2.26. The molecule has 4 amide bonds. The largest absolute Gasteiger partial charge is 0.546 e. The Morgan fingerprint density at radius 2 is 1.63 bits per heavy atom. The van der Waals surface area contributed by atoms with Crippen LogP contribution < -0.4 is 24.8 Å². The van der Waals surface area contributed by atoms with E-state index in [0.29, 0.717) is 11.3 Å². The van der Waals surface area contributed by atoms with Crippen LogP contribution in [-0.2, 0) is 14.4 Å². The standard InChI is InChI=1S/C21H18N2O7/c1-12(20(26)27)30-16-7-3-13(4-8-16)11-17-18(24)22-21(28)23(19(17)25)14-5-9-15(29-2)10-6-14/h3-12H,1-2H3,(H,26,27)(H,22,24,28)/p-1/b17-11-/t12-/m1/s1. The number of carboxylic acid groups (broad SMARTS) is 1. The fourth-order valence-corrected chi connectivity index (χ4v) is 2.68. The Hall–Kier alpha value is -4.14. The molecule has 1 N–H and O–H groups in total. The van der Waals surface area contributed by atoms with Crippen molar-refractivity contribution in [2.45, 2.75) is 13.0 Å².